The minimum Gasteiger partial charge on any atom is -0.480 e. The Balaban J connectivity index is 2.69. The Morgan fingerprint density at radius 1 is 1.79 bits per heavy atom. The molecule has 6 heteroatoms. The van der Waals surface area contributed by atoms with Crippen LogP contribution in [0.3, 0.4) is 0 Å². The monoisotopic (exact) mass is 215 g/mol. The van der Waals surface area contributed by atoms with Crippen molar-refractivity contribution in [3.63, 3.8) is 0 Å². The molecule has 14 heavy (non-hydrogen) atoms. The van der Waals surface area contributed by atoms with Gasteiger partial charge in [0, 0.05) is 0 Å². The topological polar surface area (TPSA) is 81.1 Å². The first-order chi connectivity index (χ1) is 6.65. The molecule has 0 aromatic carbocycles. The number of nitrogens with two attached hydrogens (primary N) is 1. The van der Waals surface area contributed by atoms with Gasteiger partial charge in [-0.3, -0.25) is 4.79 Å². The highest BCUT2D eigenvalue weighted by molar-refractivity contribution is 7.99. The Labute approximate surface area is 86.3 Å². The SMILES string of the molecule is CCCSc1cnn(CC(=O)O)c1N. The van der Waals surface area contributed by atoms with Gasteiger partial charge < -0.3 is 10.8 Å². The minimum absolute atomic E-state index is 0.182. The van der Waals surface area contributed by atoms with Crippen molar-refractivity contribution in [2.24, 2.45) is 0 Å². The number of anilines is 1. The van der Waals surface area contributed by atoms with E-state index in [0.29, 0.717) is 5.82 Å². The number of rotatable bonds is 5. The zero-order valence-corrected chi connectivity index (χ0v) is 8.75. The van der Waals surface area contributed by atoms with Crippen molar-refractivity contribution < 1.29 is 9.90 Å². The molecule has 1 rings (SSSR count). The summed E-state index contributed by atoms with van der Waals surface area (Å²) >= 11 is 1.59. The Hall–Kier alpha value is -1.17. The van der Waals surface area contributed by atoms with Crippen molar-refractivity contribution >= 4 is 23.5 Å². The predicted octanol–water partition coefficient (Wildman–Crippen LogP) is 1.05. The van der Waals surface area contributed by atoms with E-state index in [1.165, 1.54) is 4.68 Å². The molecule has 1 aromatic heterocycles. The van der Waals surface area contributed by atoms with E-state index in [0.717, 1.165) is 17.1 Å². The zero-order valence-electron chi connectivity index (χ0n) is 7.93. The van der Waals surface area contributed by atoms with E-state index in [1.807, 2.05) is 0 Å². The molecule has 0 radical (unpaired) electrons. The second-order valence-corrected chi connectivity index (χ2v) is 3.93. The first kappa shape index (κ1) is 10.9. The van der Waals surface area contributed by atoms with Gasteiger partial charge in [-0.05, 0) is 12.2 Å². The highest BCUT2D eigenvalue weighted by Crippen LogP contribution is 2.24. The molecule has 1 heterocycles. The number of thioether (sulfide) groups is 1. The van der Waals surface area contributed by atoms with Crippen LogP contribution < -0.4 is 5.73 Å². The number of aromatic nitrogens is 2. The third kappa shape index (κ3) is 2.66. The largest absolute Gasteiger partial charge is 0.480 e. The summed E-state index contributed by atoms with van der Waals surface area (Å²) in [7, 11) is 0. The van der Waals surface area contributed by atoms with Gasteiger partial charge in [0.05, 0.1) is 11.1 Å². The van der Waals surface area contributed by atoms with Gasteiger partial charge in [-0.15, -0.1) is 11.8 Å². The van der Waals surface area contributed by atoms with Crippen LogP contribution in [0.5, 0.6) is 0 Å². The van der Waals surface area contributed by atoms with Crippen LogP contribution >= 0.6 is 11.8 Å². The Kier molecular flexibility index (Phi) is 3.82. The van der Waals surface area contributed by atoms with Crippen LogP contribution in [0.15, 0.2) is 11.1 Å². The molecule has 0 saturated heterocycles. The van der Waals surface area contributed by atoms with Crippen molar-refractivity contribution in [3.05, 3.63) is 6.20 Å². The number of aliphatic carboxylic acids is 1. The van der Waals surface area contributed by atoms with E-state index in [2.05, 4.69) is 12.0 Å². The number of carboxylic acids is 1. The molecule has 0 aliphatic rings. The van der Waals surface area contributed by atoms with Crippen molar-refractivity contribution in [2.75, 3.05) is 11.5 Å². The summed E-state index contributed by atoms with van der Waals surface area (Å²) in [5.74, 6) is 0.459. The normalized spacial score (nSPS) is 10.4. The van der Waals surface area contributed by atoms with Crippen LogP contribution in [-0.4, -0.2) is 26.6 Å². The van der Waals surface area contributed by atoms with E-state index in [1.54, 1.807) is 18.0 Å². The molecule has 1 aromatic rings. The molecule has 0 amide bonds. The number of carboxylic acid groups (broad SMARTS) is 1. The number of carbonyl (C=O) groups is 1. The molecule has 0 spiro atoms. The maximum absolute atomic E-state index is 10.4. The van der Waals surface area contributed by atoms with E-state index in [-0.39, 0.29) is 6.54 Å². The molecule has 78 valence electrons. The standard InChI is InChI=1S/C8H13N3O2S/c1-2-3-14-6-4-10-11(8(6)9)5-7(12)13/h4H,2-3,5,9H2,1H3,(H,12,13). The molecule has 0 bridgehead atoms. The van der Waals surface area contributed by atoms with Gasteiger partial charge in [-0.25, -0.2) is 4.68 Å². The summed E-state index contributed by atoms with van der Waals surface area (Å²) in [5, 5.41) is 12.5. The Bertz CT molecular complexity index is 324. The first-order valence-corrected chi connectivity index (χ1v) is 5.29. The second-order valence-electron chi connectivity index (χ2n) is 2.79. The molecule has 0 aliphatic carbocycles. The summed E-state index contributed by atoms with van der Waals surface area (Å²) < 4.78 is 1.29. The molecule has 0 unspecified atom stereocenters. The summed E-state index contributed by atoms with van der Waals surface area (Å²) in [5.41, 5.74) is 5.71. The van der Waals surface area contributed by atoms with Gasteiger partial charge >= 0.3 is 5.97 Å². The summed E-state index contributed by atoms with van der Waals surface area (Å²) in [6.45, 7) is 1.89. The molecule has 0 atom stereocenters. The van der Waals surface area contributed by atoms with E-state index >= 15 is 0 Å². The van der Waals surface area contributed by atoms with Crippen LogP contribution in [0.25, 0.3) is 0 Å². The number of hydrogen-bond donors (Lipinski definition) is 2. The van der Waals surface area contributed by atoms with Crippen LogP contribution in [0.1, 0.15) is 13.3 Å². The maximum Gasteiger partial charge on any atom is 0.325 e. The fourth-order valence-electron chi connectivity index (χ4n) is 0.955. The Morgan fingerprint density at radius 2 is 2.50 bits per heavy atom. The van der Waals surface area contributed by atoms with Crippen LogP contribution in [0.2, 0.25) is 0 Å². The van der Waals surface area contributed by atoms with Crippen LogP contribution in [0.4, 0.5) is 5.82 Å². The zero-order chi connectivity index (χ0) is 10.6. The van der Waals surface area contributed by atoms with Crippen LogP contribution in [0, 0.1) is 0 Å². The molecule has 3 N–H and O–H groups in total. The highest BCUT2D eigenvalue weighted by atomic mass is 32.2. The highest BCUT2D eigenvalue weighted by Gasteiger charge is 2.09. The van der Waals surface area contributed by atoms with E-state index in [4.69, 9.17) is 10.8 Å². The average Bonchev–Trinajstić information content (AvgIpc) is 2.45. The first-order valence-electron chi connectivity index (χ1n) is 4.31. The molecule has 0 saturated carbocycles. The van der Waals surface area contributed by atoms with Crippen molar-refractivity contribution in [1.29, 1.82) is 0 Å². The molecular formula is C8H13N3O2S. The molecule has 5 nitrogen and oxygen atoms in total. The van der Waals surface area contributed by atoms with Gasteiger partial charge in [0.2, 0.25) is 0 Å². The molecule has 0 aliphatic heterocycles. The predicted molar refractivity (Wildman–Crippen MR) is 55.3 cm³/mol. The summed E-state index contributed by atoms with van der Waals surface area (Å²) in [6.07, 6.45) is 2.66. The van der Waals surface area contributed by atoms with Crippen molar-refractivity contribution in [1.82, 2.24) is 9.78 Å². The third-order valence-electron chi connectivity index (χ3n) is 1.59. The number of nitrogens with zero attached hydrogens (tertiary/aromatic N) is 2. The van der Waals surface area contributed by atoms with Gasteiger partial charge in [-0.2, -0.15) is 5.10 Å². The van der Waals surface area contributed by atoms with Gasteiger partial charge in [0.15, 0.2) is 0 Å². The number of hydrogen-bond acceptors (Lipinski definition) is 4. The maximum atomic E-state index is 10.4. The molecular weight excluding hydrogens is 202 g/mol. The third-order valence-corrected chi connectivity index (χ3v) is 2.83. The lowest BCUT2D eigenvalue weighted by molar-refractivity contribution is -0.137. The fourth-order valence-corrected chi connectivity index (χ4v) is 1.75. The van der Waals surface area contributed by atoms with Gasteiger partial charge in [-0.1, -0.05) is 6.92 Å². The Morgan fingerprint density at radius 3 is 3.07 bits per heavy atom. The van der Waals surface area contributed by atoms with Gasteiger partial charge in [0.1, 0.15) is 12.4 Å². The number of nitrogen functional groups attached to an aromatic ring is 1. The van der Waals surface area contributed by atoms with Crippen LogP contribution in [-0.2, 0) is 11.3 Å². The van der Waals surface area contributed by atoms with E-state index in [9.17, 15) is 4.79 Å². The fraction of sp³-hybridized carbons (Fsp3) is 0.500. The summed E-state index contributed by atoms with van der Waals surface area (Å²) in [4.78, 5) is 11.3. The van der Waals surface area contributed by atoms with E-state index < -0.39 is 5.97 Å². The lowest BCUT2D eigenvalue weighted by Gasteiger charge is -2.01. The lowest BCUT2D eigenvalue weighted by Crippen LogP contribution is -2.12. The minimum atomic E-state index is -0.938. The molecule has 0 fully saturated rings. The second kappa shape index (κ2) is 4.90. The smallest absolute Gasteiger partial charge is 0.325 e. The lowest BCUT2D eigenvalue weighted by atomic mass is 10.6. The van der Waals surface area contributed by atoms with Crippen molar-refractivity contribution in [2.45, 2.75) is 24.8 Å². The van der Waals surface area contributed by atoms with Crippen molar-refractivity contribution in [3.8, 4) is 0 Å². The average molecular weight is 215 g/mol. The van der Waals surface area contributed by atoms with Gasteiger partial charge in [0.25, 0.3) is 0 Å². The quantitative estimate of drug-likeness (QED) is 0.717. The summed E-state index contributed by atoms with van der Waals surface area (Å²) in [6, 6.07) is 0.